The number of ether oxygens (including phenoxy) is 1. The van der Waals surface area contributed by atoms with Gasteiger partial charge >= 0.3 is 0 Å². The molecule has 0 spiro atoms. The molecule has 1 aromatic carbocycles. The maximum Gasteiger partial charge on any atom is 0.262 e. The Balaban J connectivity index is 1.71. The number of benzene rings is 1. The van der Waals surface area contributed by atoms with Crippen LogP contribution in [-0.2, 0) is 9.53 Å². The van der Waals surface area contributed by atoms with E-state index < -0.39 is 0 Å². The van der Waals surface area contributed by atoms with E-state index in [0.29, 0.717) is 11.7 Å². The second-order valence-corrected chi connectivity index (χ2v) is 6.06. The van der Waals surface area contributed by atoms with E-state index in [4.69, 9.17) is 17.0 Å². The van der Waals surface area contributed by atoms with E-state index in [2.05, 4.69) is 22.2 Å². The highest BCUT2D eigenvalue weighted by Gasteiger charge is 2.15. The summed E-state index contributed by atoms with van der Waals surface area (Å²) in [4.78, 5) is 11.8. The lowest BCUT2D eigenvalue weighted by atomic mass is 10.1. The molecule has 1 unspecified atom stereocenters. The summed E-state index contributed by atoms with van der Waals surface area (Å²) >= 11 is 5.10. The summed E-state index contributed by atoms with van der Waals surface area (Å²) in [7, 11) is 0. The number of carbonyl (C=O) groups is 1. The average molecular weight is 333 g/mol. The minimum atomic E-state index is -0.258. The zero-order valence-electron chi connectivity index (χ0n) is 13.5. The van der Waals surface area contributed by atoms with E-state index in [1.54, 1.807) is 6.08 Å². The van der Waals surface area contributed by atoms with Gasteiger partial charge in [0.05, 0.1) is 6.10 Å². The monoisotopic (exact) mass is 333 g/mol. The van der Waals surface area contributed by atoms with Gasteiger partial charge in [0.1, 0.15) is 0 Å². The largest absolute Gasteiger partial charge is 0.376 e. The first-order valence-corrected chi connectivity index (χ1v) is 8.16. The van der Waals surface area contributed by atoms with Crippen LogP contribution in [-0.4, -0.2) is 30.3 Å². The number of amides is 1. The summed E-state index contributed by atoms with van der Waals surface area (Å²) in [5, 5.41) is 3.41. The minimum absolute atomic E-state index is 0.204. The van der Waals surface area contributed by atoms with Crippen molar-refractivity contribution < 1.29 is 9.53 Å². The highest BCUT2D eigenvalue weighted by atomic mass is 32.1. The van der Waals surface area contributed by atoms with Crippen molar-refractivity contribution in [3.8, 4) is 0 Å². The van der Waals surface area contributed by atoms with E-state index in [1.807, 2.05) is 26.0 Å². The normalized spacial score (nSPS) is 17.2. The average Bonchev–Trinajstić information content (AvgIpc) is 3.03. The molecule has 1 heterocycles. The number of hydrogen-bond acceptors (Lipinski definition) is 3. The SMILES string of the molecule is Cc1ccc(/C=C/C(=O)NNC(=S)NCC2CCCO2)c(C)c1. The first-order valence-electron chi connectivity index (χ1n) is 7.75. The topological polar surface area (TPSA) is 62.4 Å². The molecule has 1 aromatic rings. The van der Waals surface area contributed by atoms with E-state index in [1.165, 1.54) is 11.6 Å². The van der Waals surface area contributed by atoms with Gasteiger partial charge < -0.3 is 10.1 Å². The van der Waals surface area contributed by atoms with Crippen LogP contribution < -0.4 is 16.2 Å². The molecule has 0 aliphatic carbocycles. The lowest BCUT2D eigenvalue weighted by Gasteiger charge is -2.13. The molecule has 23 heavy (non-hydrogen) atoms. The molecule has 1 fully saturated rings. The summed E-state index contributed by atoms with van der Waals surface area (Å²) in [5.41, 5.74) is 8.57. The highest BCUT2D eigenvalue weighted by molar-refractivity contribution is 7.80. The van der Waals surface area contributed by atoms with E-state index in [9.17, 15) is 4.79 Å². The van der Waals surface area contributed by atoms with E-state index in [0.717, 1.165) is 30.6 Å². The molecule has 0 saturated carbocycles. The van der Waals surface area contributed by atoms with Gasteiger partial charge in [-0.05, 0) is 56.1 Å². The number of nitrogens with one attached hydrogen (secondary N) is 3. The van der Waals surface area contributed by atoms with Crippen LogP contribution in [0.3, 0.4) is 0 Å². The maximum atomic E-state index is 11.8. The van der Waals surface area contributed by atoms with Crippen LogP contribution >= 0.6 is 12.2 Å². The molecule has 124 valence electrons. The van der Waals surface area contributed by atoms with Crippen LogP contribution in [0.25, 0.3) is 6.08 Å². The molecular formula is C17H23N3O2S. The van der Waals surface area contributed by atoms with Crippen molar-refractivity contribution in [1.82, 2.24) is 16.2 Å². The summed E-state index contributed by atoms with van der Waals surface area (Å²) in [6, 6.07) is 6.10. The Hall–Kier alpha value is -1.92. The Morgan fingerprint density at radius 3 is 2.91 bits per heavy atom. The summed E-state index contributed by atoms with van der Waals surface area (Å²) < 4.78 is 5.49. The Labute approximate surface area is 142 Å². The molecular weight excluding hydrogens is 310 g/mol. The van der Waals surface area contributed by atoms with Crippen molar-refractivity contribution >= 4 is 29.3 Å². The highest BCUT2D eigenvalue weighted by Crippen LogP contribution is 2.12. The number of thiocarbonyl (C=S) groups is 1. The lowest BCUT2D eigenvalue weighted by molar-refractivity contribution is -0.116. The maximum absolute atomic E-state index is 11.8. The Morgan fingerprint density at radius 2 is 2.22 bits per heavy atom. The van der Waals surface area contributed by atoms with Crippen LogP contribution in [0.15, 0.2) is 24.3 Å². The van der Waals surface area contributed by atoms with Crippen molar-refractivity contribution in [3.63, 3.8) is 0 Å². The van der Waals surface area contributed by atoms with Crippen molar-refractivity contribution in [2.24, 2.45) is 0 Å². The van der Waals surface area contributed by atoms with Gasteiger partial charge in [-0.25, -0.2) is 0 Å². The predicted molar refractivity (Wildman–Crippen MR) is 95.8 cm³/mol. The smallest absolute Gasteiger partial charge is 0.262 e. The molecule has 5 nitrogen and oxygen atoms in total. The van der Waals surface area contributed by atoms with Crippen LogP contribution in [0.1, 0.15) is 29.5 Å². The molecule has 1 saturated heterocycles. The summed E-state index contributed by atoms with van der Waals surface area (Å²) in [6.07, 6.45) is 5.60. The van der Waals surface area contributed by atoms with Crippen LogP contribution in [0.5, 0.6) is 0 Å². The van der Waals surface area contributed by atoms with Crippen molar-refractivity contribution in [2.75, 3.05) is 13.2 Å². The zero-order valence-corrected chi connectivity index (χ0v) is 14.3. The van der Waals surface area contributed by atoms with Crippen LogP contribution in [0, 0.1) is 13.8 Å². The van der Waals surface area contributed by atoms with E-state index in [-0.39, 0.29) is 12.0 Å². The summed E-state index contributed by atoms with van der Waals surface area (Å²) in [5.74, 6) is -0.258. The molecule has 1 aliphatic rings. The zero-order chi connectivity index (χ0) is 16.7. The quantitative estimate of drug-likeness (QED) is 0.447. The van der Waals surface area contributed by atoms with Crippen molar-refractivity contribution in [2.45, 2.75) is 32.8 Å². The number of aryl methyl sites for hydroxylation is 2. The standard InChI is InChI=1S/C17H23N3O2S/c1-12-5-6-14(13(2)10-12)7-8-16(21)19-20-17(23)18-11-15-4-3-9-22-15/h5-8,10,15H,3-4,9,11H2,1-2H3,(H,19,21)(H2,18,20,23)/b8-7+. The van der Waals surface area contributed by atoms with Crippen molar-refractivity contribution in [3.05, 3.63) is 41.0 Å². The van der Waals surface area contributed by atoms with E-state index >= 15 is 0 Å². The number of hydrazine groups is 1. The Kier molecular flexibility index (Phi) is 6.55. The molecule has 1 amide bonds. The molecule has 1 atom stereocenters. The van der Waals surface area contributed by atoms with Crippen LogP contribution in [0.2, 0.25) is 0 Å². The van der Waals surface area contributed by atoms with Gasteiger partial charge in [-0.3, -0.25) is 15.6 Å². The third-order valence-corrected chi connectivity index (χ3v) is 3.90. The molecule has 0 radical (unpaired) electrons. The molecule has 3 N–H and O–H groups in total. The van der Waals surface area contributed by atoms with Gasteiger partial charge in [-0.1, -0.05) is 23.8 Å². The first-order chi connectivity index (χ1) is 11.0. The van der Waals surface area contributed by atoms with Crippen molar-refractivity contribution in [1.29, 1.82) is 0 Å². The van der Waals surface area contributed by atoms with Crippen LogP contribution in [0.4, 0.5) is 0 Å². The third kappa shape index (κ3) is 6.00. The summed E-state index contributed by atoms with van der Waals surface area (Å²) in [6.45, 7) is 5.53. The predicted octanol–water partition coefficient (Wildman–Crippen LogP) is 1.99. The van der Waals surface area contributed by atoms with Gasteiger partial charge in [0, 0.05) is 19.2 Å². The molecule has 2 rings (SSSR count). The van der Waals surface area contributed by atoms with Gasteiger partial charge in [-0.15, -0.1) is 0 Å². The second-order valence-electron chi connectivity index (χ2n) is 5.65. The number of hydrogen-bond donors (Lipinski definition) is 3. The molecule has 0 bridgehead atoms. The van der Waals surface area contributed by atoms with Gasteiger partial charge in [-0.2, -0.15) is 0 Å². The Bertz CT molecular complexity index is 596. The fourth-order valence-electron chi connectivity index (χ4n) is 2.39. The van der Waals surface area contributed by atoms with Gasteiger partial charge in [0.25, 0.3) is 5.91 Å². The molecule has 6 heteroatoms. The molecule has 0 aromatic heterocycles. The van der Waals surface area contributed by atoms with Gasteiger partial charge in [0.2, 0.25) is 0 Å². The lowest BCUT2D eigenvalue weighted by Crippen LogP contribution is -2.47. The second kappa shape index (κ2) is 8.64. The third-order valence-electron chi connectivity index (χ3n) is 3.65. The first kappa shape index (κ1) is 17.4. The number of rotatable bonds is 4. The fourth-order valence-corrected chi connectivity index (χ4v) is 2.53. The Morgan fingerprint density at radius 1 is 1.39 bits per heavy atom. The fraction of sp³-hybridized carbons (Fsp3) is 0.412. The van der Waals surface area contributed by atoms with Gasteiger partial charge in [0.15, 0.2) is 5.11 Å². The minimum Gasteiger partial charge on any atom is -0.376 e. The molecule has 1 aliphatic heterocycles. The number of carbonyl (C=O) groups excluding carboxylic acids is 1.